The zero-order chi connectivity index (χ0) is 15.7. The minimum atomic E-state index is 0. The molecule has 1 amide bonds. The number of carbonyl (C=O) groups is 1. The summed E-state index contributed by atoms with van der Waals surface area (Å²) < 4.78 is 0. The Hall–Kier alpha value is -0.770. The molecule has 1 saturated carbocycles. The smallest absolute Gasteiger partial charge is 0.222 e. The van der Waals surface area contributed by atoms with Crippen LogP contribution in [-0.2, 0) is 11.2 Å². The minimum absolute atomic E-state index is 0. The van der Waals surface area contributed by atoms with Crippen molar-refractivity contribution in [2.24, 2.45) is 23.5 Å². The van der Waals surface area contributed by atoms with Crippen molar-refractivity contribution >= 4 is 29.9 Å². The SMILES string of the molecule is CC(CC(=O)N1CC2CCC(N)C2C1)Cc1ccc(Cl)cc1.Cl. The maximum atomic E-state index is 12.5. The number of rotatable bonds is 4. The van der Waals surface area contributed by atoms with Crippen molar-refractivity contribution in [3.05, 3.63) is 34.9 Å². The molecule has 0 spiro atoms. The van der Waals surface area contributed by atoms with Crippen LogP contribution >= 0.6 is 24.0 Å². The van der Waals surface area contributed by atoms with Crippen molar-refractivity contribution in [3.8, 4) is 0 Å². The molecule has 1 aliphatic carbocycles. The predicted octanol–water partition coefficient (Wildman–Crippen LogP) is 3.53. The van der Waals surface area contributed by atoms with Crippen molar-refractivity contribution < 1.29 is 4.79 Å². The lowest BCUT2D eigenvalue weighted by Gasteiger charge is -2.21. The van der Waals surface area contributed by atoms with Crippen LogP contribution < -0.4 is 5.73 Å². The van der Waals surface area contributed by atoms with Gasteiger partial charge in [0.05, 0.1) is 0 Å². The van der Waals surface area contributed by atoms with Crippen molar-refractivity contribution in [2.45, 2.75) is 38.6 Å². The molecule has 1 saturated heterocycles. The molecule has 23 heavy (non-hydrogen) atoms. The van der Waals surface area contributed by atoms with Crippen LogP contribution in [0, 0.1) is 17.8 Å². The molecule has 2 fully saturated rings. The summed E-state index contributed by atoms with van der Waals surface area (Å²) in [4.78, 5) is 14.6. The highest BCUT2D eigenvalue weighted by Crippen LogP contribution is 2.37. The van der Waals surface area contributed by atoms with Gasteiger partial charge in [0, 0.05) is 30.6 Å². The molecule has 5 heteroatoms. The van der Waals surface area contributed by atoms with E-state index in [1.54, 1.807) is 0 Å². The van der Waals surface area contributed by atoms with E-state index in [1.165, 1.54) is 12.0 Å². The van der Waals surface area contributed by atoms with Crippen LogP contribution in [0.5, 0.6) is 0 Å². The fraction of sp³-hybridized carbons (Fsp3) is 0.611. The van der Waals surface area contributed by atoms with E-state index in [2.05, 4.69) is 6.92 Å². The summed E-state index contributed by atoms with van der Waals surface area (Å²) >= 11 is 5.91. The van der Waals surface area contributed by atoms with E-state index < -0.39 is 0 Å². The van der Waals surface area contributed by atoms with E-state index in [-0.39, 0.29) is 12.4 Å². The topological polar surface area (TPSA) is 46.3 Å². The third kappa shape index (κ3) is 4.40. The van der Waals surface area contributed by atoms with Gasteiger partial charge in [-0.2, -0.15) is 0 Å². The van der Waals surface area contributed by atoms with Crippen molar-refractivity contribution in [2.75, 3.05) is 13.1 Å². The summed E-state index contributed by atoms with van der Waals surface area (Å²) in [6.45, 7) is 3.94. The molecule has 1 aromatic rings. The van der Waals surface area contributed by atoms with Gasteiger partial charge in [-0.05, 0) is 54.7 Å². The third-order valence-electron chi connectivity index (χ3n) is 5.29. The van der Waals surface area contributed by atoms with Gasteiger partial charge in [0.1, 0.15) is 0 Å². The second-order valence-corrected chi connectivity index (χ2v) is 7.54. The highest BCUT2D eigenvalue weighted by atomic mass is 35.5. The number of carbonyl (C=O) groups excluding carboxylic acids is 1. The predicted molar refractivity (Wildman–Crippen MR) is 97.0 cm³/mol. The van der Waals surface area contributed by atoms with Gasteiger partial charge in [-0.15, -0.1) is 12.4 Å². The quantitative estimate of drug-likeness (QED) is 0.896. The lowest BCUT2D eigenvalue weighted by atomic mass is 9.97. The first-order chi connectivity index (χ1) is 10.5. The van der Waals surface area contributed by atoms with E-state index in [0.717, 1.165) is 31.0 Å². The molecule has 4 unspecified atom stereocenters. The number of likely N-dealkylation sites (tertiary alicyclic amines) is 1. The molecule has 4 atom stereocenters. The minimum Gasteiger partial charge on any atom is -0.342 e. The van der Waals surface area contributed by atoms with Gasteiger partial charge in [0.2, 0.25) is 5.91 Å². The molecule has 1 aliphatic heterocycles. The number of amides is 1. The fourth-order valence-corrected chi connectivity index (χ4v) is 4.16. The van der Waals surface area contributed by atoms with Crippen LogP contribution in [0.1, 0.15) is 31.7 Å². The third-order valence-corrected chi connectivity index (χ3v) is 5.54. The summed E-state index contributed by atoms with van der Waals surface area (Å²) in [5.41, 5.74) is 7.39. The summed E-state index contributed by atoms with van der Waals surface area (Å²) in [7, 11) is 0. The lowest BCUT2D eigenvalue weighted by molar-refractivity contribution is -0.131. The van der Waals surface area contributed by atoms with Crippen molar-refractivity contribution in [3.63, 3.8) is 0 Å². The Kier molecular flexibility index (Phi) is 6.35. The van der Waals surface area contributed by atoms with Crippen LogP contribution in [0.25, 0.3) is 0 Å². The van der Waals surface area contributed by atoms with Crippen LogP contribution in [-0.4, -0.2) is 29.9 Å². The van der Waals surface area contributed by atoms with Crippen molar-refractivity contribution in [1.29, 1.82) is 0 Å². The number of nitrogens with zero attached hydrogens (tertiary/aromatic N) is 1. The van der Waals surface area contributed by atoms with E-state index in [4.69, 9.17) is 17.3 Å². The van der Waals surface area contributed by atoms with Crippen LogP contribution in [0.4, 0.5) is 0 Å². The molecule has 128 valence electrons. The summed E-state index contributed by atoms with van der Waals surface area (Å²) in [6.07, 6.45) is 3.86. The zero-order valence-electron chi connectivity index (χ0n) is 13.6. The van der Waals surface area contributed by atoms with E-state index in [0.29, 0.717) is 36.1 Å². The number of hydrogen-bond acceptors (Lipinski definition) is 2. The number of nitrogens with two attached hydrogens (primary N) is 1. The van der Waals surface area contributed by atoms with E-state index in [1.807, 2.05) is 29.2 Å². The van der Waals surface area contributed by atoms with Crippen LogP contribution in [0.2, 0.25) is 5.02 Å². The van der Waals surface area contributed by atoms with E-state index in [9.17, 15) is 4.79 Å². The Balaban J connectivity index is 0.00000192. The van der Waals surface area contributed by atoms with Gasteiger partial charge in [-0.1, -0.05) is 30.7 Å². The van der Waals surface area contributed by atoms with Crippen LogP contribution in [0.3, 0.4) is 0 Å². The molecule has 0 bridgehead atoms. The second kappa shape index (κ2) is 7.87. The number of benzene rings is 1. The largest absolute Gasteiger partial charge is 0.342 e. The zero-order valence-corrected chi connectivity index (χ0v) is 15.2. The summed E-state index contributed by atoms with van der Waals surface area (Å²) in [6, 6.07) is 8.21. The van der Waals surface area contributed by atoms with E-state index >= 15 is 0 Å². The molecule has 0 radical (unpaired) electrons. The Morgan fingerprint density at radius 2 is 2.00 bits per heavy atom. The molecule has 2 N–H and O–H groups in total. The molecular weight excluding hydrogens is 331 g/mol. The highest BCUT2D eigenvalue weighted by molar-refractivity contribution is 6.30. The Bertz CT molecular complexity index is 534. The molecular formula is C18H26Cl2N2O. The van der Waals surface area contributed by atoms with Crippen molar-refractivity contribution in [1.82, 2.24) is 4.90 Å². The molecule has 1 aromatic carbocycles. The van der Waals surface area contributed by atoms with Gasteiger partial charge >= 0.3 is 0 Å². The molecule has 1 heterocycles. The fourth-order valence-electron chi connectivity index (χ4n) is 4.03. The lowest BCUT2D eigenvalue weighted by Crippen LogP contribution is -2.34. The normalized spacial score (nSPS) is 27.4. The Labute approximate surface area is 150 Å². The number of fused-ring (bicyclic) bond motifs is 1. The number of hydrogen-bond donors (Lipinski definition) is 1. The standard InChI is InChI=1S/C18H25ClN2O.ClH/c1-12(8-13-2-5-15(19)6-3-13)9-18(22)21-10-14-4-7-17(20)16(14)11-21;/h2-3,5-6,12,14,16-17H,4,7-11,20H2,1H3;1H. The first-order valence-corrected chi connectivity index (χ1v) is 8.68. The van der Waals surface area contributed by atoms with Gasteiger partial charge in [0.15, 0.2) is 0 Å². The molecule has 3 nitrogen and oxygen atoms in total. The summed E-state index contributed by atoms with van der Waals surface area (Å²) in [5, 5.41) is 0.757. The first kappa shape index (κ1) is 18.6. The number of halogens is 2. The maximum absolute atomic E-state index is 12.5. The first-order valence-electron chi connectivity index (χ1n) is 8.30. The van der Waals surface area contributed by atoms with Gasteiger partial charge in [0.25, 0.3) is 0 Å². The monoisotopic (exact) mass is 356 g/mol. The average molecular weight is 357 g/mol. The highest BCUT2D eigenvalue weighted by Gasteiger charge is 2.42. The Morgan fingerprint density at radius 1 is 1.30 bits per heavy atom. The molecule has 3 rings (SSSR count). The van der Waals surface area contributed by atoms with Crippen LogP contribution in [0.15, 0.2) is 24.3 Å². The second-order valence-electron chi connectivity index (χ2n) is 7.10. The maximum Gasteiger partial charge on any atom is 0.222 e. The molecule has 0 aromatic heterocycles. The van der Waals surface area contributed by atoms with Gasteiger partial charge in [-0.3, -0.25) is 4.79 Å². The molecule has 2 aliphatic rings. The van der Waals surface area contributed by atoms with Gasteiger partial charge < -0.3 is 10.6 Å². The average Bonchev–Trinajstić information content (AvgIpc) is 3.04. The Morgan fingerprint density at radius 3 is 2.65 bits per heavy atom. The summed E-state index contributed by atoms with van der Waals surface area (Å²) in [5.74, 6) is 1.83. The van der Waals surface area contributed by atoms with Gasteiger partial charge in [-0.25, -0.2) is 0 Å².